The lowest BCUT2D eigenvalue weighted by molar-refractivity contribution is 0.432. The van der Waals surface area contributed by atoms with E-state index in [1.165, 1.54) is 12.1 Å². The van der Waals surface area contributed by atoms with Crippen LogP contribution >= 0.6 is 31.9 Å². The molecule has 4 nitrogen and oxygen atoms in total. The van der Waals surface area contributed by atoms with Gasteiger partial charge in [-0.05, 0) is 52.3 Å². The van der Waals surface area contributed by atoms with Crippen LogP contribution in [0.2, 0.25) is 0 Å². The van der Waals surface area contributed by atoms with E-state index in [1.54, 1.807) is 24.3 Å². The fraction of sp³-hybridized carbons (Fsp3) is 0. The van der Waals surface area contributed by atoms with Crippen LogP contribution in [0.1, 0.15) is 0 Å². The van der Waals surface area contributed by atoms with Crippen LogP contribution in [0, 0.1) is 5.82 Å². The van der Waals surface area contributed by atoms with Gasteiger partial charge in [-0.15, -0.1) is 0 Å². The molecular weight excluding hydrogens is 405 g/mol. The van der Waals surface area contributed by atoms with Crippen LogP contribution in [0.25, 0.3) is 22.8 Å². The van der Waals surface area contributed by atoms with Gasteiger partial charge in [0.1, 0.15) is 5.82 Å². The number of nitrogens with two attached hydrogens (primary N) is 1. The molecule has 0 atom stereocenters. The Kier molecular flexibility index (Phi) is 3.77. The van der Waals surface area contributed by atoms with E-state index in [2.05, 4.69) is 42.0 Å². The van der Waals surface area contributed by atoms with Gasteiger partial charge >= 0.3 is 0 Å². The van der Waals surface area contributed by atoms with Gasteiger partial charge < -0.3 is 10.3 Å². The molecule has 2 N–H and O–H groups in total. The van der Waals surface area contributed by atoms with Gasteiger partial charge in [0, 0.05) is 25.8 Å². The topological polar surface area (TPSA) is 64.9 Å². The molecule has 7 heteroatoms. The highest BCUT2D eigenvalue weighted by Gasteiger charge is 2.14. The van der Waals surface area contributed by atoms with E-state index in [1.807, 2.05) is 0 Å². The fourth-order valence-electron chi connectivity index (χ4n) is 1.78. The highest BCUT2D eigenvalue weighted by molar-refractivity contribution is 9.11. The summed E-state index contributed by atoms with van der Waals surface area (Å²) >= 11 is 6.69. The monoisotopic (exact) mass is 411 g/mol. The summed E-state index contributed by atoms with van der Waals surface area (Å²) in [4.78, 5) is 4.29. The number of aromatic nitrogens is 2. The van der Waals surface area contributed by atoms with E-state index in [0.717, 1.165) is 10.0 Å². The van der Waals surface area contributed by atoms with Gasteiger partial charge in [0.15, 0.2) is 0 Å². The smallest absolute Gasteiger partial charge is 0.258 e. The van der Waals surface area contributed by atoms with Crippen molar-refractivity contribution >= 4 is 37.5 Å². The Labute approximate surface area is 136 Å². The second-order valence-corrected chi connectivity index (χ2v) is 5.99. The number of rotatable bonds is 2. The van der Waals surface area contributed by atoms with Crippen molar-refractivity contribution in [3.8, 4) is 22.8 Å². The maximum atomic E-state index is 13.3. The fourth-order valence-corrected chi connectivity index (χ4v) is 2.58. The predicted molar refractivity (Wildman–Crippen MR) is 84.9 cm³/mol. The standard InChI is InChI=1S/C14H8Br2FN3O/c15-10-3-2-8(17)6-9(10)13-19-14(21-20-13)7-1-4-12(18)11(16)5-7/h1-6H,18H2. The highest BCUT2D eigenvalue weighted by atomic mass is 79.9. The summed E-state index contributed by atoms with van der Waals surface area (Å²) in [6, 6.07) is 9.59. The van der Waals surface area contributed by atoms with Crippen LogP contribution in [-0.4, -0.2) is 10.1 Å². The molecule has 0 aliphatic carbocycles. The molecule has 0 unspecified atom stereocenters. The Morgan fingerprint density at radius 3 is 2.62 bits per heavy atom. The van der Waals surface area contributed by atoms with Gasteiger partial charge in [0.2, 0.25) is 5.82 Å². The first kappa shape index (κ1) is 14.2. The van der Waals surface area contributed by atoms with Crippen LogP contribution < -0.4 is 5.73 Å². The molecule has 3 aromatic rings. The molecule has 1 aromatic heterocycles. The Morgan fingerprint density at radius 1 is 1.05 bits per heavy atom. The third-order valence-electron chi connectivity index (χ3n) is 2.84. The lowest BCUT2D eigenvalue weighted by Crippen LogP contribution is -1.87. The second kappa shape index (κ2) is 5.57. The summed E-state index contributed by atoms with van der Waals surface area (Å²) < 4.78 is 20.0. The molecular formula is C14H8Br2FN3O. The molecule has 0 saturated carbocycles. The molecule has 0 radical (unpaired) electrons. The van der Waals surface area contributed by atoms with Gasteiger partial charge in [-0.2, -0.15) is 4.98 Å². The lowest BCUT2D eigenvalue weighted by atomic mass is 10.2. The maximum absolute atomic E-state index is 13.3. The predicted octanol–water partition coefficient (Wildman–Crippen LogP) is 4.65. The second-order valence-electron chi connectivity index (χ2n) is 4.28. The van der Waals surface area contributed by atoms with Gasteiger partial charge in [-0.1, -0.05) is 21.1 Å². The minimum Gasteiger partial charge on any atom is -0.398 e. The van der Waals surface area contributed by atoms with Crippen LogP contribution in [0.5, 0.6) is 0 Å². The van der Waals surface area contributed by atoms with Crippen molar-refractivity contribution in [3.05, 3.63) is 51.2 Å². The average Bonchev–Trinajstić information content (AvgIpc) is 2.94. The zero-order valence-corrected chi connectivity index (χ0v) is 13.7. The van der Waals surface area contributed by atoms with Crippen molar-refractivity contribution in [2.24, 2.45) is 0 Å². The molecule has 0 saturated heterocycles. The first-order valence-electron chi connectivity index (χ1n) is 5.89. The van der Waals surface area contributed by atoms with E-state index >= 15 is 0 Å². The normalized spacial score (nSPS) is 10.8. The zero-order chi connectivity index (χ0) is 15.0. The number of nitrogens with zero attached hydrogens (tertiary/aromatic N) is 2. The maximum Gasteiger partial charge on any atom is 0.258 e. The Balaban J connectivity index is 2.03. The summed E-state index contributed by atoms with van der Waals surface area (Å²) in [5, 5.41) is 3.89. The van der Waals surface area contributed by atoms with Crippen LogP contribution in [0.15, 0.2) is 49.9 Å². The minimum atomic E-state index is -0.366. The van der Waals surface area contributed by atoms with E-state index in [0.29, 0.717) is 27.4 Å². The summed E-state index contributed by atoms with van der Waals surface area (Å²) in [6.07, 6.45) is 0. The quantitative estimate of drug-likeness (QED) is 0.622. The van der Waals surface area contributed by atoms with Crippen molar-refractivity contribution in [2.45, 2.75) is 0 Å². The Hall–Kier alpha value is -1.73. The third-order valence-corrected chi connectivity index (χ3v) is 4.22. The number of anilines is 1. The van der Waals surface area contributed by atoms with Crippen LogP contribution in [0.3, 0.4) is 0 Å². The summed E-state index contributed by atoms with van der Waals surface area (Å²) in [7, 11) is 0. The average molecular weight is 413 g/mol. The van der Waals surface area contributed by atoms with Gasteiger partial charge in [-0.25, -0.2) is 4.39 Å². The van der Waals surface area contributed by atoms with Crippen molar-refractivity contribution in [2.75, 3.05) is 5.73 Å². The van der Waals surface area contributed by atoms with E-state index in [-0.39, 0.29) is 5.82 Å². The Bertz CT molecular complexity index is 820. The van der Waals surface area contributed by atoms with Crippen LogP contribution in [-0.2, 0) is 0 Å². The first-order chi connectivity index (χ1) is 10.0. The van der Waals surface area contributed by atoms with Crippen LogP contribution in [0.4, 0.5) is 10.1 Å². The van der Waals surface area contributed by atoms with Crippen molar-refractivity contribution in [1.82, 2.24) is 10.1 Å². The third kappa shape index (κ3) is 2.84. The zero-order valence-electron chi connectivity index (χ0n) is 10.5. The Morgan fingerprint density at radius 2 is 1.86 bits per heavy atom. The molecule has 0 aliphatic rings. The number of halogens is 3. The number of hydrogen-bond acceptors (Lipinski definition) is 4. The van der Waals surface area contributed by atoms with Gasteiger partial charge in [0.25, 0.3) is 5.89 Å². The molecule has 0 bridgehead atoms. The SMILES string of the molecule is Nc1ccc(-c2nc(-c3cc(F)ccc3Br)no2)cc1Br. The molecule has 3 rings (SSSR count). The summed E-state index contributed by atoms with van der Waals surface area (Å²) in [5.41, 5.74) is 7.61. The van der Waals surface area contributed by atoms with E-state index < -0.39 is 0 Å². The minimum absolute atomic E-state index is 0.310. The molecule has 0 spiro atoms. The number of benzene rings is 2. The molecule has 0 aliphatic heterocycles. The number of nitrogen functional groups attached to an aromatic ring is 1. The molecule has 0 amide bonds. The molecule has 1 heterocycles. The van der Waals surface area contributed by atoms with Gasteiger partial charge in [-0.3, -0.25) is 0 Å². The van der Waals surface area contributed by atoms with Crippen molar-refractivity contribution < 1.29 is 8.91 Å². The summed E-state index contributed by atoms with van der Waals surface area (Å²) in [5.74, 6) is 0.279. The van der Waals surface area contributed by atoms with E-state index in [4.69, 9.17) is 10.3 Å². The molecule has 106 valence electrons. The first-order valence-corrected chi connectivity index (χ1v) is 7.48. The van der Waals surface area contributed by atoms with Crippen molar-refractivity contribution in [3.63, 3.8) is 0 Å². The van der Waals surface area contributed by atoms with E-state index in [9.17, 15) is 4.39 Å². The lowest BCUT2D eigenvalue weighted by Gasteiger charge is -1.99. The summed E-state index contributed by atoms with van der Waals surface area (Å²) in [6.45, 7) is 0. The molecule has 2 aromatic carbocycles. The van der Waals surface area contributed by atoms with Crippen molar-refractivity contribution in [1.29, 1.82) is 0 Å². The molecule has 0 fully saturated rings. The number of hydrogen-bond donors (Lipinski definition) is 1. The highest BCUT2D eigenvalue weighted by Crippen LogP contribution is 2.30. The van der Waals surface area contributed by atoms with Gasteiger partial charge in [0.05, 0.1) is 0 Å². The molecule has 21 heavy (non-hydrogen) atoms. The largest absolute Gasteiger partial charge is 0.398 e.